The summed E-state index contributed by atoms with van der Waals surface area (Å²) in [7, 11) is 0. The van der Waals surface area contributed by atoms with E-state index in [1.54, 1.807) is 32.2 Å². The Morgan fingerprint density at radius 3 is 2.79 bits per heavy atom. The average molecular weight is 258 g/mol. The first kappa shape index (κ1) is 11.1. The summed E-state index contributed by atoms with van der Waals surface area (Å²) in [6, 6.07) is 3.49. The second-order valence-electron chi connectivity index (χ2n) is 3.52. The molecule has 4 nitrogen and oxygen atoms in total. The van der Waals surface area contributed by atoms with Crippen LogP contribution < -0.4 is 11.1 Å². The SMILES string of the molecule is CC(C)(N)C(=O)Nc1cccnc1Br. The molecule has 0 radical (unpaired) electrons. The van der Waals surface area contributed by atoms with Gasteiger partial charge in [0.1, 0.15) is 4.60 Å². The van der Waals surface area contributed by atoms with Gasteiger partial charge >= 0.3 is 0 Å². The van der Waals surface area contributed by atoms with Crippen molar-refractivity contribution in [3.8, 4) is 0 Å². The molecule has 1 aromatic rings. The molecule has 0 saturated carbocycles. The first-order valence-electron chi connectivity index (χ1n) is 4.12. The molecule has 76 valence electrons. The van der Waals surface area contributed by atoms with Crippen molar-refractivity contribution in [3.05, 3.63) is 22.9 Å². The molecule has 0 atom stereocenters. The van der Waals surface area contributed by atoms with Gasteiger partial charge in [0.25, 0.3) is 0 Å². The fraction of sp³-hybridized carbons (Fsp3) is 0.333. The Bertz CT molecular complexity index is 346. The van der Waals surface area contributed by atoms with Gasteiger partial charge in [0.2, 0.25) is 5.91 Å². The Hall–Kier alpha value is -0.940. The van der Waals surface area contributed by atoms with E-state index < -0.39 is 5.54 Å². The Balaban J connectivity index is 2.80. The maximum Gasteiger partial charge on any atom is 0.243 e. The van der Waals surface area contributed by atoms with Gasteiger partial charge in [-0.15, -0.1) is 0 Å². The van der Waals surface area contributed by atoms with Crippen LogP contribution in [0.1, 0.15) is 13.8 Å². The average Bonchev–Trinajstić information content (AvgIpc) is 2.07. The second kappa shape index (κ2) is 4.06. The molecule has 1 amide bonds. The smallest absolute Gasteiger partial charge is 0.243 e. The minimum Gasteiger partial charge on any atom is -0.322 e. The standard InChI is InChI=1S/C9H12BrN3O/c1-9(2,11)8(14)13-6-4-3-5-12-7(6)10/h3-5H,11H2,1-2H3,(H,13,14). The van der Waals surface area contributed by atoms with Crippen molar-refractivity contribution in [2.75, 3.05) is 5.32 Å². The van der Waals surface area contributed by atoms with E-state index in [1.807, 2.05) is 0 Å². The molecular formula is C9H12BrN3O. The number of pyridine rings is 1. The van der Waals surface area contributed by atoms with Crippen molar-refractivity contribution < 1.29 is 4.79 Å². The minimum absolute atomic E-state index is 0.244. The number of rotatable bonds is 2. The summed E-state index contributed by atoms with van der Waals surface area (Å²) < 4.78 is 0.595. The van der Waals surface area contributed by atoms with Gasteiger partial charge in [-0.1, -0.05) is 0 Å². The lowest BCUT2D eigenvalue weighted by Crippen LogP contribution is -2.45. The molecule has 0 aromatic carbocycles. The van der Waals surface area contributed by atoms with E-state index in [1.165, 1.54) is 0 Å². The molecule has 1 aromatic heterocycles. The third kappa shape index (κ3) is 2.78. The van der Waals surface area contributed by atoms with Gasteiger partial charge in [-0.2, -0.15) is 0 Å². The van der Waals surface area contributed by atoms with E-state index in [-0.39, 0.29) is 5.91 Å². The number of nitrogens with one attached hydrogen (secondary N) is 1. The van der Waals surface area contributed by atoms with Crippen LogP contribution >= 0.6 is 15.9 Å². The van der Waals surface area contributed by atoms with Crippen molar-refractivity contribution in [2.45, 2.75) is 19.4 Å². The van der Waals surface area contributed by atoms with Crippen molar-refractivity contribution in [1.29, 1.82) is 0 Å². The van der Waals surface area contributed by atoms with Crippen LogP contribution in [0.4, 0.5) is 5.69 Å². The molecule has 0 unspecified atom stereocenters. The molecule has 3 N–H and O–H groups in total. The lowest BCUT2D eigenvalue weighted by atomic mass is 10.1. The van der Waals surface area contributed by atoms with Crippen LogP contribution in [0.25, 0.3) is 0 Å². The quantitative estimate of drug-likeness (QED) is 0.790. The van der Waals surface area contributed by atoms with Crippen molar-refractivity contribution in [1.82, 2.24) is 4.98 Å². The normalized spacial score (nSPS) is 11.1. The molecular weight excluding hydrogens is 246 g/mol. The Kier molecular flexibility index (Phi) is 3.23. The molecule has 5 heteroatoms. The predicted octanol–water partition coefficient (Wildman–Crippen LogP) is 1.52. The van der Waals surface area contributed by atoms with E-state index in [4.69, 9.17) is 5.73 Å². The number of amides is 1. The molecule has 0 fully saturated rings. The number of hydrogen-bond donors (Lipinski definition) is 2. The summed E-state index contributed by atoms with van der Waals surface area (Å²) in [4.78, 5) is 15.5. The van der Waals surface area contributed by atoms with E-state index in [0.29, 0.717) is 10.3 Å². The van der Waals surface area contributed by atoms with Crippen molar-refractivity contribution in [2.24, 2.45) is 5.73 Å². The van der Waals surface area contributed by atoms with E-state index >= 15 is 0 Å². The van der Waals surface area contributed by atoms with Gasteiger partial charge in [-0.05, 0) is 41.9 Å². The van der Waals surface area contributed by atoms with Gasteiger partial charge < -0.3 is 11.1 Å². The third-order valence-electron chi connectivity index (χ3n) is 1.59. The van der Waals surface area contributed by atoms with Gasteiger partial charge in [-0.3, -0.25) is 4.79 Å². The fourth-order valence-corrected chi connectivity index (χ4v) is 1.11. The van der Waals surface area contributed by atoms with Crippen LogP contribution in [0.2, 0.25) is 0 Å². The maximum atomic E-state index is 11.5. The zero-order valence-corrected chi connectivity index (χ0v) is 9.63. The van der Waals surface area contributed by atoms with E-state index in [2.05, 4.69) is 26.2 Å². The molecule has 0 aliphatic rings. The Labute approximate surface area is 91.0 Å². The van der Waals surface area contributed by atoms with Crippen LogP contribution in [0.3, 0.4) is 0 Å². The molecule has 0 spiro atoms. The predicted molar refractivity (Wildman–Crippen MR) is 58.8 cm³/mol. The summed E-state index contributed by atoms with van der Waals surface area (Å²) in [5.41, 5.74) is 5.36. The van der Waals surface area contributed by atoms with E-state index in [0.717, 1.165) is 0 Å². The first-order valence-corrected chi connectivity index (χ1v) is 4.91. The highest BCUT2D eigenvalue weighted by molar-refractivity contribution is 9.10. The summed E-state index contributed by atoms with van der Waals surface area (Å²) in [5, 5.41) is 2.68. The molecule has 0 aliphatic heterocycles. The zero-order valence-electron chi connectivity index (χ0n) is 8.04. The second-order valence-corrected chi connectivity index (χ2v) is 4.27. The molecule has 0 aliphatic carbocycles. The number of anilines is 1. The van der Waals surface area contributed by atoms with Gasteiger partial charge in [0.15, 0.2) is 0 Å². The van der Waals surface area contributed by atoms with Crippen LogP contribution in [-0.2, 0) is 4.79 Å². The maximum absolute atomic E-state index is 11.5. The van der Waals surface area contributed by atoms with Crippen molar-refractivity contribution >= 4 is 27.5 Å². The summed E-state index contributed by atoms with van der Waals surface area (Å²) in [6.07, 6.45) is 1.63. The zero-order chi connectivity index (χ0) is 10.8. The van der Waals surface area contributed by atoms with Gasteiger partial charge in [0.05, 0.1) is 11.2 Å². The largest absolute Gasteiger partial charge is 0.322 e. The first-order chi connectivity index (χ1) is 6.41. The minimum atomic E-state index is -0.894. The third-order valence-corrected chi connectivity index (χ3v) is 2.22. The van der Waals surface area contributed by atoms with Crippen LogP contribution in [0, 0.1) is 0 Å². The molecule has 0 bridgehead atoms. The summed E-state index contributed by atoms with van der Waals surface area (Å²) in [6.45, 7) is 3.29. The van der Waals surface area contributed by atoms with Gasteiger partial charge in [-0.25, -0.2) is 4.98 Å². The monoisotopic (exact) mass is 257 g/mol. The highest BCUT2D eigenvalue weighted by Crippen LogP contribution is 2.19. The van der Waals surface area contributed by atoms with Crippen LogP contribution in [-0.4, -0.2) is 16.4 Å². The molecule has 1 heterocycles. The fourth-order valence-electron chi connectivity index (χ4n) is 0.763. The highest BCUT2D eigenvalue weighted by Gasteiger charge is 2.22. The lowest BCUT2D eigenvalue weighted by molar-refractivity contribution is -0.120. The van der Waals surface area contributed by atoms with Crippen LogP contribution in [0.5, 0.6) is 0 Å². The summed E-state index contributed by atoms with van der Waals surface area (Å²) >= 11 is 3.22. The van der Waals surface area contributed by atoms with Crippen molar-refractivity contribution in [3.63, 3.8) is 0 Å². The number of nitrogens with two attached hydrogens (primary N) is 1. The number of carbonyl (C=O) groups is 1. The van der Waals surface area contributed by atoms with Gasteiger partial charge in [0, 0.05) is 6.20 Å². The Morgan fingerprint density at radius 1 is 1.64 bits per heavy atom. The molecule has 1 rings (SSSR count). The molecule has 0 saturated heterocycles. The molecule has 14 heavy (non-hydrogen) atoms. The number of carbonyl (C=O) groups excluding carboxylic acids is 1. The number of aromatic nitrogens is 1. The number of halogens is 1. The number of hydrogen-bond acceptors (Lipinski definition) is 3. The number of nitrogens with zero attached hydrogens (tertiary/aromatic N) is 1. The summed E-state index contributed by atoms with van der Waals surface area (Å²) in [5.74, 6) is -0.244. The highest BCUT2D eigenvalue weighted by atomic mass is 79.9. The Morgan fingerprint density at radius 2 is 2.29 bits per heavy atom. The topological polar surface area (TPSA) is 68.0 Å². The van der Waals surface area contributed by atoms with Crippen LogP contribution in [0.15, 0.2) is 22.9 Å². The lowest BCUT2D eigenvalue weighted by Gasteiger charge is -2.17. The van der Waals surface area contributed by atoms with E-state index in [9.17, 15) is 4.79 Å².